The van der Waals surface area contributed by atoms with Gasteiger partial charge in [0.15, 0.2) is 0 Å². The number of amides is 1. The van der Waals surface area contributed by atoms with Gasteiger partial charge in [0.05, 0.1) is 11.6 Å². The van der Waals surface area contributed by atoms with Gasteiger partial charge in [-0.2, -0.15) is 0 Å². The van der Waals surface area contributed by atoms with Gasteiger partial charge in [0.1, 0.15) is 5.76 Å². The molecular formula is C24H28N2O3. The van der Waals surface area contributed by atoms with Gasteiger partial charge in [-0.25, -0.2) is 0 Å². The van der Waals surface area contributed by atoms with Gasteiger partial charge < -0.3 is 14.9 Å². The van der Waals surface area contributed by atoms with Crippen LogP contribution in [0.15, 0.2) is 48.0 Å². The molecule has 1 aliphatic heterocycles. The number of likely N-dealkylation sites (tertiary alicyclic amines) is 1. The van der Waals surface area contributed by atoms with Crippen molar-refractivity contribution < 1.29 is 14.7 Å². The minimum Gasteiger partial charge on any atom is -0.507 e. The Balaban J connectivity index is 2.19. The van der Waals surface area contributed by atoms with Crippen LogP contribution in [0.5, 0.6) is 0 Å². The van der Waals surface area contributed by atoms with Crippen molar-refractivity contribution in [2.24, 2.45) is 0 Å². The summed E-state index contributed by atoms with van der Waals surface area (Å²) >= 11 is 0. The van der Waals surface area contributed by atoms with Crippen LogP contribution in [-0.4, -0.2) is 53.8 Å². The van der Waals surface area contributed by atoms with Crippen molar-refractivity contribution in [3.63, 3.8) is 0 Å². The maximum atomic E-state index is 13.0. The monoisotopic (exact) mass is 392 g/mol. The normalized spacial score (nSPS) is 18.7. The van der Waals surface area contributed by atoms with Crippen LogP contribution in [0.1, 0.15) is 33.9 Å². The highest BCUT2D eigenvalue weighted by Gasteiger charge is 2.45. The van der Waals surface area contributed by atoms with Crippen LogP contribution in [0.25, 0.3) is 5.76 Å². The lowest BCUT2D eigenvalue weighted by Gasteiger charge is -2.26. The highest BCUT2D eigenvalue weighted by molar-refractivity contribution is 6.46. The molecule has 1 atom stereocenters. The molecule has 29 heavy (non-hydrogen) atoms. The van der Waals surface area contributed by atoms with Crippen LogP contribution in [0.4, 0.5) is 0 Å². The first kappa shape index (κ1) is 20.8. The third-order valence-corrected chi connectivity index (χ3v) is 5.37. The maximum absolute atomic E-state index is 13.0. The van der Waals surface area contributed by atoms with Gasteiger partial charge in [0.25, 0.3) is 11.7 Å². The molecule has 152 valence electrons. The number of aryl methyl sites for hydroxylation is 3. The zero-order chi connectivity index (χ0) is 21.3. The van der Waals surface area contributed by atoms with E-state index in [9.17, 15) is 14.7 Å². The zero-order valence-electron chi connectivity index (χ0n) is 17.7. The van der Waals surface area contributed by atoms with Crippen molar-refractivity contribution in [1.82, 2.24) is 9.80 Å². The number of carbonyl (C=O) groups excluding carboxylic acids is 2. The summed E-state index contributed by atoms with van der Waals surface area (Å²) in [4.78, 5) is 29.4. The van der Waals surface area contributed by atoms with Crippen molar-refractivity contribution in [1.29, 1.82) is 0 Å². The zero-order valence-corrected chi connectivity index (χ0v) is 17.7. The van der Waals surface area contributed by atoms with Crippen molar-refractivity contribution in [3.8, 4) is 0 Å². The molecule has 0 unspecified atom stereocenters. The Morgan fingerprint density at radius 3 is 2.24 bits per heavy atom. The number of hydrogen-bond donors (Lipinski definition) is 1. The maximum Gasteiger partial charge on any atom is 0.295 e. The lowest BCUT2D eigenvalue weighted by Crippen LogP contribution is -2.35. The predicted molar refractivity (Wildman–Crippen MR) is 115 cm³/mol. The molecule has 3 rings (SSSR count). The number of Topliss-reactive ketones (excluding diaryl/α,β-unsaturated/α-hetero) is 1. The Morgan fingerprint density at radius 2 is 1.62 bits per heavy atom. The molecule has 2 aromatic carbocycles. The van der Waals surface area contributed by atoms with Crippen LogP contribution >= 0.6 is 0 Å². The molecule has 0 spiro atoms. The van der Waals surface area contributed by atoms with E-state index >= 15 is 0 Å². The first-order valence-corrected chi connectivity index (χ1v) is 9.78. The summed E-state index contributed by atoms with van der Waals surface area (Å²) in [6.45, 7) is 6.84. The number of nitrogens with zero attached hydrogens (tertiary/aromatic N) is 2. The molecular weight excluding hydrogens is 364 g/mol. The highest BCUT2D eigenvalue weighted by Crippen LogP contribution is 2.39. The van der Waals surface area contributed by atoms with E-state index in [1.807, 2.05) is 82.2 Å². The molecule has 0 saturated carbocycles. The lowest BCUT2D eigenvalue weighted by molar-refractivity contribution is -0.140. The van der Waals surface area contributed by atoms with Crippen LogP contribution in [0, 0.1) is 20.8 Å². The third-order valence-electron chi connectivity index (χ3n) is 5.37. The first-order valence-electron chi connectivity index (χ1n) is 9.78. The summed E-state index contributed by atoms with van der Waals surface area (Å²) in [7, 11) is 3.85. The number of carbonyl (C=O) groups is 2. The molecule has 1 saturated heterocycles. The van der Waals surface area contributed by atoms with Gasteiger partial charge in [-0.05, 0) is 52.1 Å². The van der Waals surface area contributed by atoms with Gasteiger partial charge in [0.2, 0.25) is 0 Å². The molecule has 0 aliphatic carbocycles. The Labute approximate surface area is 172 Å². The predicted octanol–water partition coefficient (Wildman–Crippen LogP) is 3.60. The Morgan fingerprint density at radius 1 is 1.00 bits per heavy atom. The first-order chi connectivity index (χ1) is 13.7. The number of benzene rings is 2. The summed E-state index contributed by atoms with van der Waals surface area (Å²) < 4.78 is 0. The summed E-state index contributed by atoms with van der Waals surface area (Å²) in [5.74, 6) is -1.31. The molecule has 1 N–H and O–H groups in total. The van der Waals surface area contributed by atoms with Crippen molar-refractivity contribution in [2.75, 3.05) is 27.2 Å². The topological polar surface area (TPSA) is 60.9 Å². The van der Waals surface area contributed by atoms with Crippen LogP contribution in [-0.2, 0) is 9.59 Å². The molecule has 1 aliphatic rings. The van der Waals surface area contributed by atoms with E-state index in [0.29, 0.717) is 18.7 Å². The van der Waals surface area contributed by atoms with E-state index in [-0.39, 0.29) is 11.3 Å². The Hall–Kier alpha value is -2.92. The minimum atomic E-state index is -0.632. The Bertz CT molecular complexity index is 974. The smallest absolute Gasteiger partial charge is 0.295 e. The van der Waals surface area contributed by atoms with E-state index in [4.69, 9.17) is 0 Å². The standard InChI is InChI=1S/C24H28N2O3/c1-15-7-10-18(11-8-15)21-20(22(27)19-14-16(2)6-9-17(19)3)23(28)24(29)26(21)13-12-25(4)5/h6-11,14,21,27H,12-13H2,1-5H3/b22-20+/t21-/m1/s1. The molecule has 1 fully saturated rings. The number of likely N-dealkylation sites (N-methyl/N-ethyl adjacent to an activating group) is 1. The van der Waals surface area contributed by atoms with E-state index in [1.165, 1.54) is 0 Å². The van der Waals surface area contributed by atoms with Gasteiger partial charge in [-0.15, -0.1) is 0 Å². The van der Waals surface area contributed by atoms with Crippen LogP contribution in [0.2, 0.25) is 0 Å². The van der Waals surface area contributed by atoms with Crippen LogP contribution in [0.3, 0.4) is 0 Å². The second-order valence-electron chi connectivity index (χ2n) is 8.02. The van der Waals surface area contributed by atoms with Crippen molar-refractivity contribution in [3.05, 3.63) is 75.9 Å². The molecule has 2 aromatic rings. The highest BCUT2D eigenvalue weighted by atomic mass is 16.3. The number of rotatable bonds is 5. The molecule has 0 radical (unpaired) electrons. The molecule has 0 aromatic heterocycles. The number of hydrogen-bond acceptors (Lipinski definition) is 4. The molecule has 1 heterocycles. The van der Waals surface area contributed by atoms with E-state index in [0.717, 1.165) is 22.3 Å². The SMILES string of the molecule is Cc1ccc([C@@H]2/C(=C(\O)c3cc(C)ccc3C)C(=O)C(=O)N2CCN(C)C)cc1. The van der Waals surface area contributed by atoms with E-state index in [2.05, 4.69) is 0 Å². The fraction of sp³-hybridized carbons (Fsp3) is 0.333. The van der Waals surface area contributed by atoms with E-state index < -0.39 is 17.7 Å². The third kappa shape index (κ3) is 4.10. The average molecular weight is 392 g/mol. The van der Waals surface area contributed by atoms with Gasteiger partial charge in [-0.1, -0.05) is 47.5 Å². The quantitative estimate of drug-likeness (QED) is 0.480. The largest absolute Gasteiger partial charge is 0.507 e. The van der Waals surface area contributed by atoms with Gasteiger partial charge in [-0.3, -0.25) is 9.59 Å². The van der Waals surface area contributed by atoms with Crippen molar-refractivity contribution >= 4 is 17.4 Å². The Kier molecular flexibility index (Phi) is 5.89. The fourth-order valence-corrected chi connectivity index (χ4v) is 3.65. The van der Waals surface area contributed by atoms with E-state index in [1.54, 1.807) is 4.90 Å². The lowest BCUT2D eigenvalue weighted by atomic mass is 9.93. The average Bonchev–Trinajstić information content (AvgIpc) is 2.93. The molecule has 1 amide bonds. The van der Waals surface area contributed by atoms with Gasteiger partial charge >= 0.3 is 0 Å². The van der Waals surface area contributed by atoms with Gasteiger partial charge in [0, 0.05) is 18.7 Å². The summed E-state index contributed by atoms with van der Waals surface area (Å²) in [6, 6.07) is 12.9. The second kappa shape index (κ2) is 8.21. The second-order valence-corrected chi connectivity index (χ2v) is 8.02. The summed E-state index contributed by atoms with van der Waals surface area (Å²) in [5, 5.41) is 11.2. The number of aliphatic hydroxyl groups excluding tert-OH is 1. The summed E-state index contributed by atoms with van der Waals surface area (Å²) in [6.07, 6.45) is 0. The fourth-order valence-electron chi connectivity index (χ4n) is 3.65. The number of ketones is 1. The number of aliphatic hydroxyl groups is 1. The summed E-state index contributed by atoms with van der Waals surface area (Å²) in [5.41, 5.74) is 4.49. The van der Waals surface area contributed by atoms with Crippen molar-refractivity contribution in [2.45, 2.75) is 26.8 Å². The molecule has 5 heteroatoms. The molecule has 5 nitrogen and oxygen atoms in total. The van der Waals surface area contributed by atoms with Crippen LogP contribution < -0.4 is 0 Å². The molecule has 0 bridgehead atoms. The minimum absolute atomic E-state index is 0.109.